The van der Waals surface area contributed by atoms with Crippen molar-refractivity contribution in [3.05, 3.63) is 0 Å². The maximum atomic E-state index is 5.66. The Balaban J connectivity index is 0.00000144. The summed E-state index contributed by atoms with van der Waals surface area (Å²) in [6.45, 7) is 7.34. The van der Waals surface area contributed by atoms with E-state index >= 15 is 0 Å². The van der Waals surface area contributed by atoms with E-state index in [1.54, 1.807) is 7.11 Å². The Labute approximate surface area is 110 Å². The van der Waals surface area contributed by atoms with E-state index in [1.165, 1.54) is 32.5 Å². The standard InChI is InChI=1S/C12H24N2O2.ClH/c1-15-10-12-9-14(6-7-16-12)8-11-2-4-13-5-3-11;/h11-13H,2-10H2,1H3;1H. The van der Waals surface area contributed by atoms with Gasteiger partial charge in [-0.25, -0.2) is 0 Å². The summed E-state index contributed by atoms with van der Waals surface area (Å²) < 4.78 is 10.8. The van der Waals surface area contributed by atoms with Crippen LogP contribution in [0.15, 0.2) is 0 Å². The van der Waals surface area contributed by atoms with Gasteiger partial charge in [-0.2, -0.15) is 0 Å². The molecule has 1 N–H and O–H groups in total. The molecule has 0 aromatic carbocycles. The molecule has 2 aliphatic rings. The highest BCUT2D eigenvalue weighted by Gasteiger charge is 2.23. The molecule has 0 saturated carbocycles. The molecular formula is C12H25ClN2O2. The molecule has 5 heteroatoms. The minimum atomic E-state index is 0. The molecule has 0 aromatic heterocycles. The molecule has 2 saturated heterocycles. The van der Waals surface area contributed by atoms with Crippen molar-refractivity contribution >= 4 is 12.4 Å². The molecule has 0 radical (unpaired) electrons. The van der Waals surface area contributed by atoms with Gasteiger partial charge in [0.1, 0.15) is 0 Å². The summed E-state index contributed by atoms with van der Waals surface area (Å²) in [5, 5.41) is 3.42. The molecule has 2 rings (SSSR count). The van der Waals surface area contributed by atoms with Crippen LogP contribution in [0.5, 0.6) is 0 Å². The zero-order chi connectivity index (χ0) is 11.2. The number of piperidine rings is 1. The van der Waals surface area contributed by atoms with Crippen LogP contribution in [0.3, 0.4) is 0 Å². The molecule has 0 bridgehead atoms. The quantitative estimate of drug-likeness (QED) is 0.813. The zero-order valence-electron chi connectivity index (χ0n) is 10.7. The molecule has 17 heavy (non-hydrogen) atoms. The summed E-state index contributed by atoms with van der Waals surface area (Å²) in [5.74, 6) is 0.877. The van der Waals surface area contributed by atoms with Gasteiger partial charge in [0, 0.05) is 26.7 Å². The van der Waals surface area contributed by atoms with Gasteiger partial charge in [0.15, 0.2) is 0 Å². The SMILES string of the molecule is COCC1CN(CC2CCNCC2)CCO1.Cl. The van der Waals surface area contributed by atoms with Gasteiger partial charge in [0.2, 0.25) is 0 Å². The summed E-state index contributed by atoms with van der Waals surface area (Å²) in [6, 6.07) is 0. The predicted octanol–water partition coefficient (Wildman–Crippen LogP) is 0.755. The van der Waals surface area contributed by atoms with Crippen LogP contribution in [0.1, 0.15) is 12.8 Å². The minimum absolute atomic E-state index is 0. The molecule has 0 spiro atoms. The van der Waals surface area contributed by atoms with Crippen molar-refractivity contribution in [2.45, 2.75) is 18.9 Å². The lowest BCUT2D eigenvalue weighted by Crippen LogP contribution is -2.47. The van der Waals surface area contributed by atoms with E-state index in [2.05, 4.69) is 10.2 Å². The van der Waals surface area contributed by atoms with Crippen LogP contribution < -0.4 is 5.32 Å². The zero-order valence-corrected chi connectivity index (χ0v) is 11.5. The van der Waals surface area contributed by atoms with Crippen LogP contribution in [0, 0.1) is 5.92 Å². The molecule has 1 atom stereocenters. The van der Waals surface area contributed by atoms with Crippen molar-refractivity contribution in [1.29, 1.82) is 0 Å². The van der Waals surface area contributed by atoms with Gasteiger partial charge in [0.25, 0.3) is 0 Å². The Bertz CT molecular complexity index is 199. The van der Waals surface area contributed by atoms with Crippen LogP contribution in [0.4, 0.5) is 0 Å². The Morgan fingerprint density at radius 2 is 2.12 bits per heavy atom. The molecule has 2 aliphatic heterocycles. The van der Waals surface area contributed by atoms with E-state index in [-0.39, 0.29) is 18.5 Å². The molecule has 2 heterocycles. The number of rotatable bonds is 4. The molecule has 4 nitrogen and oxygen atoms in total. The highest BCUT2D eigenvalue weighted by Crippen LogP contribution is 2.15. The van der Waals surface area contributed by atoms with Crippen molar-refractivity contribution in [3.8, 4) is 0 Å². The van der Waals surface area contributed by atoms with Crippen molar-refractivity contribution in [1.82, 2.24) is 10.2 Å². The Kier molecular flexibility index (Phi) is 7.39. The van der Waals surface area contributed by atoms with Crippen LogP contribution in [-0.2, 0) is 9.47 Å². The summed E-state index contributed by atoms with van der Waals surface area (Å²) in [7, 11) is 1.75. The van der Waals surface area contributed by atoms with Gasteiger partial charge >= 0.3 is 0 Å². The number of halogens is 1. The highest BCUT2D eigenvalue weighted by molar-refractivity contribution is 5.85. The second-order valence-corrected chi connectivity index (χ2v) is 4.90. The Morgan fingerprint density at radius 1 is 1.35 bits per heavy atom. The fourth-order valence-corrected chi connectivity index (χ4v) is 2.66. The van der Waals surface area contributed by atoms with Gasteiger partial charge in [-0.3, -0.25) is 4.90 Å². The maximum Gasteiger partial charge on any atom is 0.0935 e. The first-order valence-corrected chi connectivity index (χ1v) is 6.42. The Morgan fingerprint density at radius 3 is 2.82 bits per heavy atom. The van der Waals surface area contributed by atoms with E-state index < -0.39 is 0 Å². The van der Waals surface area contributed by atoms with Crippen LogP contribution in [-0.4, -0.2) is 64.1 Å². The summed E-state index contributed by atoms with van der Waals surface area (Å²) >= 11 is 0. The largest absolute Gasteiger partial charge is 0.382 e. The molecule has 1 unspecified atom stereocenters. The number of hydrogen-bond donors (Lipinski definition) is 1. The first kappa shape index (κ1) is 15.2. The number of ether oxygens (including phenoxy) is 2. The van der Waals surface area contributed by atoms with E-state index in [0.717, 1.165) is 32.2 Å². The fourth-order valence-electron chi connectivity index (χ4n) is 2.66. The third kappa shape index (κ3) is 5.10. The summed E-state index contributed by atoms with van der Waals surface area (Å²) in [4.78, 5) is 2.54. The topological polar surface area (TPSA) is 33.7 Å². The smallest absolute Gasteiger partial charge is 0.0935 e. The van der Waals surface area contributed by atoms with Crippen LogP contribution in [0.2, 0.25) is 0 Å². The van der Waals surface area contributed by atoms with Gasteiger partial charge in [-0.1, -0.05) is 0 Å². The average Bonchev–Trinajstić information content (AvgIpc) is 2.31. The maximum absolute atomic E-state index is 5.66. The summed E-state index contributed by atoms with van der Waals surface area (Å²) in [5.41, 5.74) is 0. The molecular weight excluding hydrogens is 240 g/mol. The molecule has 0 aliphatic carbocycles. The first-order chi connectivity index (χ1) is 7.88. The van der Waals surface area contributed by atoms with Gasteiger partial charge in [-0.05, 0) is 31.8 Å². The highest BCUT2D eigenvalue weighted by atomic mass is 35.5. The predicted molar refractivity (Wildman–Crippen MR) is 70.9 cm³/mol. The molecule has 102 valence electrons. The van der Waals surface area contributed by atoms with E-state index in [4.69, 9.17) is 9.47 Å². The number of morpholine rings is 1. The number of nitrogens with zero attached hydrogens (tertiary/aromatic N) is 1. The second-order valence-electron chi connectivity index (χ2n) is 4.90. The van der Waals surface area contributed by atoms with E-state index in [9.17, 15) is 0 Å². The average molecular weight is 265 g/mol. The Hall–Kier alpha value is 0.130. The number of nitrogens with one attached hydrogen (secondary N) is 1. The van der Waals surface area contributed by atoms with Gasteiger partial charge < -0.3 is 14.8 Å². The minimum Gasteiger partial charge on any atom is -0.382 e. The normalized spacial score (nSPS) is 27.7. The summed E-state index contributed by atoms with van der Waals surface area (Å²) in [6.07, 6.45) is 2.93. The number of methoxy groups -OCH3 is 1. The second kappa shape index (κ2) is 8.27. The lowest BCUT2D eigenvalue weighted by atomic mass is 9.97. The van der Waals surface area contributed by atoms with Crippen molar-refractivity contribution in [2.24, 2.45) is 5.92 Å². The van der Waals surface area contributed by atoms with Gasteiger partial charge in [0.05, 0.1) is 19.3 Å². The monoisotopic (exact) mass is 264 g/mol. The number of hydrogen-bond acceptors (Lipinski definition) is 4. The molecule has 2 fully saturated rings. The lowest BCUT2D eigenvalue weighted by molar-refractivity contribution is -0.0647. The van der Waals surface area contributed by atoms with E-state index in [1.807, 2.05) is 0 Å². The fraction of sp³-hybridized carbons (Fsp3) is 1.00. The third-order valence-corrected chi connectivity index (χ3v) is 3.55. The molecule has 0 aromatic rings. The third-order valence-electron chi connectivity index (χ3n) is 3.55. The lowest BCUT2D eigenvalue weighted by Gasteiger charge is -2.35. The van der Waals surface area contributed by atoms with Crippen molar-refractivity contribution < 1.29 is 9.47 Å². The van der Waals surface area contributed by atoms with Crippen LogP contribution >= 0.6 is 12.4 Å². The van der Waals surface area contributed by atoms with Gasteiger partial charge in [-0.15, -0.1) is 12.4 Å². The molecule has 0 amide bonds. The van der Waals surface area contributed by atoms with Crippen LogP contribution in [0.25, 0.3) is 0 Å². The van der Waals surface area contributed by atoms with Crippen molar-refractivity contribution in [3.63, 3.8) is 0 Å². The van der Waals surface area contributed by atoms with Crippen molar-refractivity contribution in [2.75, 3.05) is 53.0 Å². The first-order valence-electron chi connectivity index (χ1n) is 6.42. The van der Waals surface area contributed by atoms with E-state index in [0.29, 0.717) is 0 Å².